The van der Waals surface area contributed by atoms with Gasteiger partial charge in [0, 0.05) is 18.1 Å². The Hall–Kier alpha value is -3.79. The summed E-state index contributed by atoms with van der Waals surface area (Å²) in [7, 11) is 0. The summed E-state index contributed by atoms with van der Waals surface area (Å²) in [6.45, 7) is 6.07. The van der Waals surface area contributed by atoms with Crippen molar-refractivity contribution in [2.45, 2.75) is 33.2 Å². The molecule has 0 bridgehead atoms. The molecular weight excluding hydrogens is 364 g/mol. The van der Waals surface area contributed by atoms with Crippen LogP contribution in [0.1, 0.15) is 42.5 Å². The lowest BCUT2D eigenvalue weighted by atomic mass is 10.1. The summed E-state index contributed by atoms with van der Waals surface area (Å²) in [5.41, 5.74) is 3.31. The summed E-state index contributed by atoms with van der Waals surface area (Å²) in [6.07, 6.45) is 8.78. The van der Waals surface area contributed by atoms with Gasteiger partial charge < -0.3 is 5.32 Å². The average Bonchev–Trinajstić information content (AvgIpc) is 2.73. The molecule has 0 aliphatic heterocycles. The molecule has 0 saturated carbocycles. The third kappa shape index (κ3) is 4.93. The van der Waals surface area contributed by atoms with Crippen molar-refractivity contribution in [3.05, 3.63) is 71.6 Å². The highest BCUT2D eigenvalue weighted by molar-refractivity contribution is 6.00. The molecule has 7 nitrogen and oxygen atoms in total. The van der Waals surface area contributed by atoms with Crippen molar-refractivity contribution in [3.8, 4) is 12.3 Å². The minimum atomic E-state index is -0.380. The highest BCUT2D eigenvalue weighted by Gasteiger charge is 2.21. The lowest BCUT2D eigenvalue weighted by Gasteiger charge is -2.22. The molecule has 3 heterocycles. The number of urea groups is 1. The number of hydrogen-bond acceptors (Lipinski definition) is 5. The molecule has 1 N–H and O–H groups in total. The molecule has 29 heavy (non-hydrogen) atoms. The number of anilines is 2. The second-order valence-corrected chi connectivity index (χ2v) is 6.75. The summed E-state index contributed by atoms with van der Waals surface area (Å²) in [6, 6.07) is 10.4. The molecule has 2 amide bonds. The number of pyridine rings is 2. The zero-order valence-electron chi connectivity index (χ0n) is 16.6. The van der Waals surface area contributed by atoms with Gasteiger partial charge in [0.15, 0.2) is 0 Å². The van der Waals surface area contributed by atoms with Gasteiger partial charge in [0.05, 0.1) is 23.6 Å². The van der Waals surface area contributed by atoms with Crippen LogP contribution in [0.25, 0.3) is 0 Å². The molecule has 0 aliphatic carbocycles. The van der Waals surface area contributed by atoms with E-state index in [1.54, 1.807) is 30.6 Å². The van der Waals surface area contributed by atoms with Crippen molar-refractivity contribution in [2.75, 3.05) is 10.2 Å². The third-order valence-corrected chi connectivity index (χ3v) is 4.27. The fraction of sp³-hybridized carbons (Fsp3) is 0.227. The van der Waals surface area contributed by atoms with E-state index in [4.69, 9.17) is 6.42 Å². The topological polar surface area (TPSA) is 83.9 Å². The third-order valence-electron chi connectivity index (χ3n) is 4.27. The van der Waals surface area contributed by atoms with Gasteiger partial charge in [0.2, 0.25) is 5.95 Å². The van der Waals surface area contributed by atoms with Crippen LogP contribution in [0.4, 0.5) is 16.4 Å². The maximum atomic E-state index is 13.1. The van der Waals surface area contributed by atoms with E-state index in [1.807, 2.05) is 39.0 Å². The van der Waals surface area contributed by atoms with Crippen molar-refractivity contribution >= 4 is 17.7 Å². The van der Waals surface area contributed by atoms with E-state index in [1.165, 1.54) is 4.90 Å². The van der Waals surface area contributed by atoms with E-state index in [-0.39, 0.29) is 18.5 Å². The number of carbonyl (C=O) groups excluding carboxylic acids is 1. The molecule has 3 aromatic heterocycles. The molecule has 7 heteroatoms. The molecule has 3 rings (SSSR count). The number of terminal acetylenes is 1. The highest BCUT2D eigenvalue weighted by atomic mass is 16.2. The molecule has 3 aromatic rings. The number of aromatic nitrogens is 4. The monoisotopic (exact) mass is 386 g/mol. The van der Waals surface area contributed by atoms with Crippen LogP contribution in [-0.2, 0) is 6.54 Å². The first-order chi connectivity index (χ1) is 14.0. The first kappa shape index (κ1) is 20.0. The van der Waals surface area contributed by atoms with Gasteiger partial charge in [0.25, 0.3) is 0 Å². The molecule has 0 aliphatic rings. The van der Waals surface area contributed by atoms with Gasteiger partial charge in [-0.1, -0.05) is 25.8 Å². The minimum absolute atomic E-state index is 0.169. The van der Waals surface area contributed by atoms with Crippen LogP contribution >= 0.6 is 0 Å². The Morgan fingerprint density at radius 3 is 2.69 bits per heavy atom. The van der Waals surface area contributed by atoms with Gasteiger partial charge in [-0.05, 0) is 43.2 Å². The summed E-state index contributed by atoms with van der Waals surface area (Å²) < 4.78 is 0. The Morgan fingerprint density at radius 2 is 1.97 bits per heavy atom. The number of amides is 2. The lowest BCUT2D eigenvalue weighted by Crippen LogP contribution is -2.36. The summed E-state index contributed by atoms with van der Waals surface area (Å²) in [5.74, 6) is 3.01. The summed E-state index contributed by atoms with van der Waals surface area (Å²) >= 11 is 0. The zero-order valence-corrected chi connectivity index (χ0v) is 16.6. The number of nitrogens with one attached hydrogen (secondary N) is 1. The van der Waals surface area contributed by atoms with E-state index in [0.717, 1.165) is 5.69 Å². The van der Waals surface area contributed by atoms with Crippen molar-refractivity contribution in [1.29, 1.82) is 0 Å². The number of carbonyl (C=O) groups is 1. The van der Waals surface area contributed by atoms with Gasteiger partial charge in [-0.3, -0.25) is 9.88 Å². The molecule has 0 spiro atoms. The van der Waals surface area contributed by atoms with E-state index >= 15 is 0 Å². The molecular formula is C22H22N6O. The SMILES string of the molecule is C#Cc1cccc(CN(C(=O)Nc2cccnc2C)c2nccc(C(C)C)n2)n1. The number of rotatable bonds is 5. The number of hydrogen-bond donors (Lipinski definition) is 1. The second-order valence-electron chi connectivity index (χ2n) is 6.75. The van der Waals surface area contributed by atoms with Crippen LogP contribution in [0.2, 0.25) is 0 Å². The van der Waals surface area contributed by atoms with E-state index in [9.17, 15) is 4.79 Å². The smallest absolute Gasteiger partial charge is 0.306 e. The predicted molar refractivity (Wildman–Crippen MR) is 112 cm³/mol. The molecule has 0 unspecified atom stereocenters. The van der Waals surface area contributed by atoms with Crippen LogP contribution < -0.4 is 10.2 Å². The first-order valence-corrected chi connectivity index (χ1v) is 9.23. The Morgan fingerprint density at radius 1 is 1.14 bits per heavy atom. The number of nitrogens with zero attached hydrogens (tertiary/aromatic N) is 5. The Labute approximate surface area is 170 Å². The summed E-state index contributed by atoms with van der Waals surface area (Å²) in [4.78, 5) is 32.1. The van der Waals surface area contributed by atoms with Crippen molar-refractivity contribution in [1.82, 2.24) is 19.9 Å². The van der Waals surface area contributed by atoms with Crippen LogP contribution in [0, 0.1) is 19.3 Å². The lowest BCUT2D eigenvalue weighted by molar-refractivity contribution is 0.256. The molecule has 0 aromatic carbocycles. The van der Waals surface area contributed by atoms with E-state index < -0.39 is 0 Å². The average molecular weight is 386 g/mol. The fourth-order valence-corrected chi connectivity index (χ4v) is 2.66. The molecule has 146 valence electrons. The first-order valence-electron chi connectivity index (χ1n) is 9.23. The van der Waals surface area contributed by atoms with Crippen molar-refractivity contribution in [3.63, 3.8) is 0 Å². The van der Waals surface area contributed by atoms with Crippen LogP contribution in [-0.4, -0.2) is 26.0 Å². The summed E-state index contributed by atoms with van der Waals surface area (Å²) in [5, 5.41) is 2.88. The molecule has 0 saturated heterocycles. The molecule has 0 atom stereocenters. The van der Waals surface area contributed by atoms with Crippen molar-refractivity contribution in [2.24, 2.45) is 0 Å². The Balaban J connectivity index is 1.96. The normalized spacial score (nSPS) is 10.4. The largest absolute Gasteiger partial charge is 0.329 e. The molecule has 0 fully saturated rings. The minimum Gasteiger partial charge on any atom is -0.306 e. The van der Waals surface area contributed by atoms with E-state index in [2.05, 4.69) is 31.2 Å². The zero-order chi connectivity index (χ0) is 20.8. The Kier molecular flexibility index (Phi) is 6.15. The second kappa shape index (κ2) is 8.93. The molecule has 0 radical (unpaired) electrons. The Bertz CT molecular complexity index is 1060. The number of aryl methyl sites for hydroxylation is 1. The quantitative estimate of drug-likeness (QED) is 0.672. The maximum Gasteiger partial charge on any atom is 0.329 e. The van der Waals surface area contributed by atoms with Crippen molar-refractivity contribution < 1.29 is 4.79 Å². The maximum absolute atomic E-state index is 13.1. The van der Waals surface area contributed by atoms with E-state index in [0.29, 0.717) is 28.7 Å². The van der Waals surface area contributed by atoms with Gasteiger partial charge in [0.1, 0.15) is 5.69 Å². The van der Waals surface area contributed by atoms with Crippen LogP contribution in [0.5, 0.6) is 0 Å². The van der Waals surface area contributed by atoms with Crippen LogP contribution in [0.3, 0.4) is 0 Å². The van der Waals surface area contributed by atoms with Gasteiger partial charge in [-0.25, -0.2) is 19.7 Å². The van der Waals surface area contributed by atoms with Gasteiger partial charge in [-0.15, -0.1) is 6.42 Å². The predicted octanol–water partition coefficient (Wildman–Crippen LogP) is 3.92. The fourth-order valence-electron chi connectivity index (χ4n) is 2.66. The van der Waals surface area contributed by atoms with Crippen LogP contribution in [0.15, 0.2) is 48.8 Å². The van der Waals surface area contributed by atoms with Gasteiger partial charge >= 0.3 is 6.03 Å². The standard InChI is InChI=1S/C22H22N6O/c1-5-17-8-6-9-18(25-17)14-28(21-24-13-11-19(26-21)15(2)3)22(29)27-20-10-7-12-23-16(20)4/h1,6-13,15H,14H2,2-4H3,(H,27,29). The highest BCUT2D eigenvalue weighted by Crippen LogP contribution is 2.19. The van der Waals surface area contributed by atoms with Gasteiger partial charge in [-0.2, -0.15) is 0 Å².